The third-order valence-corrected chi connectivity index (χ3v) is 3.88. The Kier molecular flexibility index (Phi) is 4.48. The van der Waals surface area contributed by atoms with Gasteiger partial charge in [-0.2, -0.15) is 0 Å². The first-order chi connectivity index (χ1) is 10.7. The van der Waals surface area contributed by atoms with Crippen molar-refractivity contribution in [2.24, 2.45) is 0 Å². The van der Waals surface area contributed by atoms with Crippen molar-refractivity contribution >= 4 is 5.91 Å². The van der Waals surface area contributed by atoms with Crippen LogP contribution in [0.5, 0.6) is 0 Å². The molecule has 5 nitrogen and oxygen atoms in total. The van der Waals surface area contributed by atoms with Gasteiger partial charge in [-0.1, -0.05) is 24.3 Å². The molecule has 1 aliphatic heterocycles. The van der Waals surface area contributed by atoms with Crippen LogP contribution in [-0.2, 0) is 17.9 Å². The van der Waals surface area contributed by atoms with Crippen molar-refractivity contribution in [1.29, 1.82) is 0 Å². The Balaban J connectivity index is 1.61. The molecule has 0 aliphatic carbocycles. The zero-order chi connectivity index (χ0) is 15.4. The molecule has 0 saturated carbocycles. The first kappa shape index (κ1) is 14.7. The van der Waals surface area contributed by atoms with Gasteiger partial charge in [0.1, 0.15) is 6.17 Å². The van der Waals surface area contributed by atoms with Gasteiger partial charge in [-0.3, -0.25) is 4.79 Å². The van der Waals surface area contributed by atoms with Crippen LogP contribution in [0.4, 0.5) is 4.39 Å². The van der Waals surface area contributed by atoms with Gasteiger partial charge in [0.25, 0.3) is 0 Å². The van der Waals surface area contributed by atoms with E-state index in [-0.39, 0.29) is 18.9 Å². The smallest absolute Gasteiger partial charge is 0.237 e. The number of nitrogens with zero attached hydrogens (tertiary/aromatic N) is 2. The summed E-state index contributed by atoms with van der Waals surface area (Å²) in [5, 5.41) is 5.78. The van der Waals surface area contributed by atoms with Crippen molar-refractivity contribution in [3.63, 3.8) is 0 Å². The summed E-state index contributed by atoms with van der Waals surface area (Å²) < 4.78 is 15.1. The number of benzene rings is 1. The first-order valence-electron chi connectivity index (χ1n) is 7.40. The van der Waals surface area contributed by atoms with Crippen LogP contribution >= 0.6 is 0 Å². The summed E-state index contributed by atoms with van der Waals surface area (Å²) >= 11 is 0. The van der Waals surface area contributed by atoms with Crippen LogP contribution in [0.2, 0.25) is 0 Å². The van der Waals surface area contributed by atoms with Crippen LogP contribution in [0, 0.1) is 0 Å². The lowest BCUT2D eigenvalue weighted by molar-refractivity contribution is -0.123. The second-order valence-corrected chi connectivity index (χ2v) is 5.52. The molecule has 2 atom stereocenters. The molecule has 1 aliphatic rings. The van der Waals surface area contributed by atoms with Crippen LogP contribution in [0.1, 0.15) is 17.5 Å². The Morgan fingerprint density at radius 3 is 2.91 bits per heavy atom. The van der Waals surface area contributed by atoms with E-state index in [4.69, 9.17) is 0 Å². The molecule has 0 spiro atoms. The number of carbonyl (C=O) groups is 1. The van der Waals surface area contributed by atoms with Gasteiger partial charge in [-0.05, 0) is 11.1 Å². The average molecular weight is 302 g/mol. The largest absolute Gasteiger partial charge is 0.351 e. The van der Waals surface area contributed by atoms with Crippen LogP contribution < -0.4 is 10.6 Å². The van der Waals surface area contributed by atoms with Gasteiger partial charge in [0.15, 0.2) is 0 Å². The highest BCUT2D eigenvalue weighted by atomic mass is 19.1. The van der Waals surface area contributed by atoms with Crippen molar-refractivity contribution in [2.75, 3.05) is 6.54 Å². The highest BCUT2D eigenvalue weighted by molar-refractivity contribution is 5.82. The maximum atomic E-state index is 13.1. The lowest BCUT2D eigenvalue weighted by Gasteiger charge is -2.14. The fourth-order valence-electron chi connectivity index (χ4n) is 2.66. The zero-order valence-electron chi connectivity index (χ0n) is 12.2. The third kappa shape index (κ3) is 3.51. The zero-order valence-corrected chi connectivity index (χ0v) is 12.2. The molecular weight excluding hydrogens is 283 g/mol. The van der Waals surface area contributed by atoms with Gasteiger partial charge in [-0.25, -0.2) is 9.37 Å². The predicted molar refractivity (Wildman–Crippen MR) is 80.9 cm³/mol. The quantitative estimate of drug-likeness (QED) is 0.874. The van der Waals surface area contributed by atoms with Gasteiger partial charge < -0.3 is 15.2 Å². The first-order valence-corrected chi connectivity index (χ1v) is 7.40. The number of alkyl halides is 1. The summed E-state index contributed by atoms with van der Waals surface area (Å²) in [6.45, 7) is 1.41. The molecule has 1 aromatic heterocycles. The molecule has 3 rings (SSSR count). The van der Waals surface area contributed by atoms with Crippen molar-refractivity contribution in [3.8, 4) is 0 Å². The van der Waals surface area contributed by atoms with Crippen molar-refractivity contribution in [3.05, 3.63) is 54.1 Å². The molecule has 2 aromatic rings. The normalized spacial score (nSPS) is 21.0. The number of hydrogen-bond acceptors (Lipinski definition) is 3. The molecule has 0 bridgehead atoms. The number of rotatable bonds is 5. The van der Waals surface area contributed by atoms with E-state index in [1.54, 1.807) is 12.5 Å². The molecule has 2 N–H and O–H groups in total. The molecule has 0 unspecified atom stereocenters. The van der Waals surface area contributed by atoms with Gasteiger partial charge in [0.05, 0.1) is 12.4 Å². The summed E-state index contributed by atoms with van der Waals surface area (Å²) in [4.78, 5) is 16.1. The van der Waals surface area contributed by atoms with E-state index in [1.165, 1.54) is 0 Å². The van der Waals surface area contributed by atoms with E-state index < -0.39 is 12.2 Å². The van der Waals surface area contributed by atoms with E-state index in [9.17, 15) is 9.18 Å². The Morgan fingerprint density at radius 1 is 1.41 bits per heavy atom. The van der Waals surface area contributed by atoms with E-state index in [0.29, 0.717) is 13.1 Å². The topological polar surface area (TPSA) is 59.0 Å². The van der Waals surface area contributed by atoms with Gasteiger partial charge in [-0.15, -0.1) is 0 Å². The number of halogens is 1. The van der Waals surface area contributed by atoms with E-state index in [0.717, 1.165) is 11.1 Å². The van der Waals surface area contributed by atoms with Crippen LogP contribution in [0.25, 0.3) is 0 Å². The Hall–Kier alpha value is -2.21. The van der Waals surface area contributed by atoms with Crippen LogP contribution in [0.15, 0.2) is 43.0 Å². The average Bonchev–Trinajstić information content (AvgIpc) is 3.18. The van der Waals surface area contributed by atoms with Crippen molar-refractivity contribution in [2.45, 2.75) is 31.7 Å². The highest BCUT2D eigenvalue weighted by Gasteiger charge is 2.28. The minimum Gasteiger partial charge on any atom is -0.351 e. The highest BCUT2D eigenvalue weighted by Crippen LogP contribution is 2.12. The second-order valence-electron chi connectivity index (χ2n) is 5.52. The van der Waals surface area contributed by atoms with E-state index in [1.807, 2.05) is 35.0 Å². The molecular formula is C16H19FN4O. The molecule has 22 heavy (non-hydrogen) atoms. The van der Waals surface area contributed by atoms with Crippen LogP contribution in [-0.4, -0.2) is 34.2 Å². The second kappa shape index (κ2) is 6.70. The van der Waals surface area contributed by atoms with E-state index in [2.05, 4.69) is 15.6 Å². The monoisotopic (exact) mass is 302 g/mol. The molecule has 2 heterocycles. The number of imidazole rings is 1. The maximum absolute atomic E-state index is 13.1. The third-order valence-electron chi connectivity index (χ3n) is 3.88. The minimum absolute atomic E-state index is 0.141. The predicted octanol–water partition coefficient (Wildman–Crippen LogP) is 1.25. The summed E-state index contributed by atoms with van der Waals surface area (Å²) in [6.07, 6.45) is 4.73. The summed E-state index contributed by atoms with van der Waals surface area (Å²) in [7, 11) is 0. The molecule has 1 fully saturated rings. The number of aromatic nitrogens is 2. The molecule has 1 saturated heterocycles. The molecule has 1 amide bonds. The van der Waals surface area contributed by atoms with Gasteiger partial charge in [0, 0.05) is 38.4 Å². The minimum atomic E-state index is -0.927. The maximum Gasteiger partial charge on any atom is 0.237 e. The Morgan fingerprint density at radius 2 is 2.23 bits per heavy atom. The van der Waals surface area contributed by atoms with Crippen LogP contribution in [0.3, 0.4) is 0 Å². The number of amides is 1. The molecule has 116 valence electrons. The number of nitrogens with one attached hydrogen (secondary N) is 2. The van der Waals surface area contributed by atoms with Gasteiger partial charge in [0.2, 0.25) is 5.91 Å². The fourth-order valence-corrected chi connectivity index (χ4v) is 2.66. The lowest BCUT2D eigenvalue weighted by atomic mass is 10.1. The summed E-state index contributed by atoms with van der Waals surface area (Å²) in [5.74, 6) is -0.141. The Bertz CT molecular complexity index is 629. The van der Waals surface area contributed by atoms with Gasteiger partial charge >= 0.3 is 0 Å². The van der Waals surface area contributed by atoms with Crippen molar-refractivity contribution in [1.82, 2.24) is 20.2 Å². The standard InChI is InChI=1S/C16H19FN4O/c17-14-7-15(19-9-14)16(22)20-8-12-3-1-2-4-13(12)10-21-6-5-18-11-21/h1-6,11,14-15,19H,7-10H2,(H,20,22)/t14-,15+/m0/s1. The number of carbonyl (C=O) groups excluding carboxylic acids is 1. The van der Waals surface area contributed by atoms with Crippen molar-refractivity contribution < 1.29 is 9.18 Å². The summed E-state index contributed by atoms with van der Waals surface area (Å²) in [6, 6.07) is 7.53. The molecule has 0 radical (unpaired) electrons. The lowest BCUT2D eigenvalue weighted by Crippen LogP contribution is -2.40. The fraction of sp³-hybridized carbons (Fsp3) is 0.375. The number of hydrogen-bond donors (Lipinski definition) is 2. The molecule has 6 heteroatoms. The van der Waals surface area contributed by atoms with E-state index >= 15 is 0 Å². The SMILES string of the molecule is O=C(NCc1ccccc1Cn1ccnc1)[C@H]1C[C@H](F)CN1. The summed E-state index contributed by atoms with van der Waals surface area (Å²) in [5.41, 5.74) is 2.18. The Labute approximate surface area is 128 Å². The molecule has 1 aromatic carbocycles.